The summed E-state index contributed by atoms with van der Waals surface area (Å²) in [7, 11) is 0. The number of non-ortho nitro benzene ring substituents is 2. The van der Waals surface area contributed by atoms with Gasteiger partial charge in [-0.25, -0.2) is 0 Å². The highest BCUT2D eigenvalue weighted by molar-refractivity contribution is 5.93. The van der Waals surface area contributed by atoms with Crippen LogP contribution in [0.3, 0.4) is 0 Å². The molecule has 4 rings (SSSR count). The standard InChI is InChI=1S/C29H24N4O6/c34-28(18-22-5-13-26(14-6-22)32(36)37)30-24-9-1-20(2-10-24)17-21-3-11-25(12-4-21)31-29(35)19-23-7-15-27(16-8-23)33(38)39/h1-16H,17-19H2,(H,30,34)(H,31,35). The van der Waals surface area contributed by atoms with Crippen molar-refractivity contribution >= 4 is 34.6 Å². The number of nitrogens with one attached hydrogen (secondary N) is 2. The van der Waals surface area contributed by atoms with E-state index in [9.17, 15) is 29.8 Å². The zero-order valence-electron chi connectivity index (χ0n) is 20.7. The third kappa shape index (κ3) is 7.80. The van der Waals surface area contributed by atoms with Crippen LogP contribution in [0.2, 0.25) is 0 Å². The summed E-state index contributed by atoms with van der Waals surface area (Å²) in [4.78, 5) is 45.2. The quantitative estimate of drug-likeness (QED) is 0.208. The van der Waals surface area contributed by atoms with E-state index >= 15 is 0 Å². The molecular weight excluding hydrogens is 500 g/mol. The molecule has 2 N–H and O–H groups in total. The molecule has 196 valence electrons. The Morgan fingerprint density at radius 1 is 0.513 bits per heavy atom. The molecule has 0 saturated heterocycles. The van der Waals surface area contributed by atoms with Crippen molar-refractivity contribution in [3.63, 3.8) is 0 Å². The maximum absolute atomic E-state index is 12.3. The number of carbonyl (C=O) groups excluding carboxylic acids is 2. The molecule has 0 aliphatic carbocycles. The number of nitro groups is 2. The van der Waals surface area contributed by atoms with E-state index in [0.717, 1.165) is 11.1 Å². The van der Waals surface area contributed by atoms with E-state index in [4.69, 9.17) is 0 Å². The molecule has 0 spiro atoms. The summed E-state index contributed by atoms with van der Waals surface area (Å²) in [5.74, 6) is -0.439. The minimum Gasteiger partial charge on any atom is -0.326 e. The third-order valence-corrected chi connectivity index (χ3v) is 5.91. The van der Waals surface area contributed by atoms with Gasteiger partial charge in [-0.3, -0.25) is 29.8 Å². The predicted octanol–water partition coefficient (Wildman–Crippen LogP) is 5.46. The fourth-order valence-corrected chi connectivity index (χ4v) is 3.90. The number of rotatable bonds is 10. The van der Waals surface area contributed by atoms with Gasteiger partial charge < -0.3 is 10.6 Å². The average molecular weight is 525 g/mol. The van der Waals surface area contributed by atoms with Crippen molar-refractivity contribution in [2.45, 2.75) is 19.3 Å². The molecule has 0 aliphatic rings. The number of carbonyl (C=O) groups is 2. The first-order valence-electron chi connectivity index (χ1n) is 12.0. The second-order valence-electron chi connectivity index (χ2n) is 8.87. The van der Waals surface area contributed by atoms with E-state index in [-0.39, 0.29) is 36.0 Å². The van der Waals surface area contributed by atoms with Crippen molar-refractivity contribution in [1.82, 2.24) is 0 Å². The second-order valence-corrected chi connectivity index (χ2v) is 8.87. The summed E-state index contributed by atoms with van der Waals surface area (Å²) in [6, 6.07) is 26.7. The van der Waals surface area contributed by atoms with Crippen LogP contribution in [-0.4, -0.2) is 21.7 Å². The molecule has 0 unspecified atom stereocenters. The van der Waals surface area contributed by atoms with E-state index in [1.54, 1.807) is 24.3 Å². The molecule has 0 saturated carbocycles. The van der Waals surface area contributed by atoms with Crippen molar-refractivity contribution < 1.29 is 19.4 Å². The van der Waals surface area contributed by atoms with Crippen molar-refractivity contribution in [3.05, 3.63) is 140 Å². The van der Waals surface area contributed by atoms with Gasteiger partial charge in [0.2, 0.25) is 11.8 Å². The fourth-order valence-electron chi connectivity index (χ4n) is 3.90. The highest BCUT2D eigenvalue weighted by Crippen LogP contribution is 2.18. The molecule has 4 aromatic rings. The van der Waals surface area contributed by atoms with Gasteiger partial charge in [-0.05, 0) is 52.9 Å². The van der Waals surface area contributed by atoms with Crippen LogP contribution in [0, 0.1) is 20.2 Å². The molecule has 0 bridgehead atoms. The van der Waals surface area contributed by atoms with Crippen LogP contribution < -0.4 is 10.6 Å². The highest BCUT2D eigenvalue weighted by Gasteiger charge is 2.10. The lowest BCUT2D eigenvalue weighted by Crippen LogP contribution is -2.14. The molecule has 10 nitrogen and oxygen atoms in total. The summed E-state index contributed by atoms with van der Waals surface area (Å²) < 4.78 is 0. The number of hydrogen-bond acceptors (Lipinski definition) is 6. The number of hydrogen-bond donors (Lipinski definition) is 2. The molecule has 10 heteroatoms. The monoisotopic (exact) mass is 524 g/mol. The molecular formula is C29H24N4O6. The largest absolute Gasteiger partial charge is 0.326 e. The Bertz CT molecular complexity index is 1370. The van der Waals surface area contributed by atoms with Gasteiger partial charge in [0.1, 0.15) is 0 Å². The predicted molar refractivity (Wildman–Crippen MR) is 147 cm³/mol. The first kappa shape index (κ1) is 26.7. The van der Waals surface area contributed by atoms with Crippen LogP contribution in [0.25, 0.3) is 0 Å². The van der Waals surface area contributed by atoms with E-state index in [1.165, 1.54) is 24.3 Å². The lowest BCUT2D eigenvalue weighted by Gasteiger charge is -2.09. The molecule has 2 amide bonds. The number of anilines is 2. The van der Waals surface area contributed by atoms with Crippen molar-refractivity contribution in [2.75, 3.05) is 10.6 Å². The minimum absolute atomic E-state index is 0.0196. The minimum atomic E-state index is -0.482. The maximum Gasteiger partial charge on any atom is 0.269 e. The molecule has 0 aliphatic heterocycles. The summed E-state index contributed by atoms with van der Waals surface area (Å²) in [5.41, 5.74) is 4.70. The van der Waals surface area contributed by atoms with Crippen molar-refractivity contribution in [2.24, 2.45) is 0 Å². The highest BCUT2D eigenvalue weighted by atomic mass is 16.6. The van der Waals surface area contributed by atoms with E-state index in [2.05, 4.69) is 10.6 Å². The van der Waals surface area contributed by atoms with Crippen LogP contribution in [-0.2, 0) is 28.9 Å². The van der Waals surface area contributed by atoms with Crippen LogP contribution >= 0.6 is 0 Å². The first-order valence-corrected chi connectivity index (χ1v) is 12.0. The topological polar surface area (TPSA) is 144 Å². The third-order valence-electron chi connectivity index (χ3n) is 5.91. The lowest BCUT2D eigenvalue weighted by molar-refractivity contribution is -0.385. The van der Waals surface area contributed by atoms with Crippen LogP contribution in [0.4, 0.5) is 22.7 Å². The summed E-state index contributed by atoms with van der Waals surface area (Å²) in [5, 5.41) is 27.1. The summed E-state index contributed by atoms with van der Waals surface area (Å²) in [6.45, 7) is 0. The van der Waals surface area contributed by atoms with Crippen molar-refractivity contribution in [1.29, 1.82) is 0 Å². The smallest absolute Gasteiger partial charge is 0.269 e. The Kier molecular flexibility index (Phi) is 8.37. The SMILES string of the molecule is O=C(Cc1ccc([N+](=O)[O-])cc1)Nc1ccc(Cc2ccc(NC(=O)Cc3ccc([N+](=O)[O-])cc3)cc2)cc1. The zero-order chi connectivity index (χ0) is 27.8. The summed E-state index contributed by atoms with van der Waals surface area (Å²) in [6.07, 6.45) is 0.876. The molecule has 0 aromatic heterocycles. The fraction of sp³-hybridized carbons (Fsp3) is 0.103. The lowest BCUT2D eigenvalue weighted by atomic mass is 10.0. The van der Waals surface area contributed by atoms with E-state index < -0.39 is 9.85 Å². The number of nitrogens with zero attached hydrogens (tertiary/aromatic N) is 2. The zero-order valence-corrected chi connectivity index (χ0v) is 20.7. The molecule has 0 heterocycles. The van der Waals surface area contributed by atoms with Crippen LogP contribution in [0.5, 0.6) is 0 Å². The Balaban J connectivity index is 1.25. The maximum atomic E-state index is 12.3. The average Bonchev–Trinajstić information content (AvgIpc) is 2.91. The van der Waals surface area contributed by atoms with Crippen LogP contribution in [0.15, 0.2) is 97.1 Å². The number of nitro benzene ring substituents is 2. The molecule has 4 aromatic carbocycles. The van der Waals surface area contributed by atoms with E-state index in [0.29, 0.717) is 28.9 Å². The Labute approximate surface area is 223 Å². The van der Waals surface area contributed by atoms with Gasteiger partial charge in [0, 0.05) is 35.6 Å². The first-order chi connectivity index (χ1) is 18.7. The molecule has 0 atom stereocenters. The van der Waals surface area contributed by atoms with Gasteiger partial charge >= 0.3 is 0 Å². The van der Waals surface area contributed by atoms with Gasteiger partial charge in [-0.15, -0.1) is 0 Å². The number of benzene rings is 4. The van der Waals surface area contributed by atoms with Gasteiger partial charge in [-0.2, -0.15) is 0 Å². The molecule has 0 fully saturated rings. The van der Waals surface area contributed by atoms with Gasteiger partial charge in [-0.1, -0.05) is 48.5 Å². The Hall–Kier alpha value is -5.38. The van der Waals surface area contributed by atoms with Gasteiger partial charge in [0.15, 0.2) is 0 Å². The van der Waals surface area contributed by atoms with Crippen molar-refractivity contribution in [3.8, 4) is 0 Å². The normalized spacial score (nSPS) is 10.5. The molecule has 0 radical (unpaired) electrons. The van der Waals surface area contributed by atoms with E-state index in [1.807, 2.05) is 48.5 Å². The Morgan fingerprint density at radius 2 is 0.821 bits per heavy atom. The van der Waals surface area contributed by atoms with Gasteiger partial charge in [0.25, 0.3) is 11.4 Å². The summed E-state index contributed by atoms with van der Waals surface area (Å²) >= 11 is 0. The second kappa shape index (κ2) is 12.2. The van der Waals surface area contributed by atoms with Gasteiger partial charge in [0.05, 0.1) is 22.7 Å². The number of amides is 2. The molecule has 39 heavy (non-hydrogen) atoms. The Morgan fingerprint density at radius 3 is 1.13 bits per heavy atom. The van der Waals surface area contributed by atoms with Crippen LogP contribution in [0.1, 0.15) is 22.3 Å².